The monoisotopic (exact) mass is 414 g/mol. The maximum absolute atomic E-state index is 12.5. The molecule has 0 unspecified atom stereocenters. The molecule has 0 radical (unpaired) electrons. The zero-order chi connectivity index (χ0) is 19.2. The van der Waals surface area contributed by atoms with Crippen LogP contribution in [0, 0.1) is 0 Å². The number of carbonyl (C=O) groups is 2. The SMILES string of the molecule is CCC(C)(C)OC(=O)N(C)CCN(C)C(=O)c1ccc(Br)c(OC)c1. The maximum Gasteiger partial charge on any atom is 0.410 e. The van der Waals surface area contributed by atoms with E-state index < -0.39 is 11.7 Å². The van der Waals surface area contributed by atoms with Gasteiger partial charge in [0.2, 0.25) is 0 Å². The van der Waals surface area contributed by atoms with Gasteiger partial charge in [0.05, 0.1) is 11.6 Å². The van der Waals surface area contributed by atoms with Crippen molar-refractivity contribution in [2.45, 2.75) is 32.8 Å². The summed E-state index contributed by atoms with van der Waals surface area (Å²) in [5.74, 6) is 0.461. The fourth-order valence-corrected chi connectivity index (χ4v) is 2.30. The standard InChI is InChI=1S/C18H27BrN2O4/c1-7-18(2,3)25-17(23)21(5)11-10-20(4)16(22)13-8-9-14(19)15(12-13)24-6/h8-9,12H,7,10-11H2,1-6H3. The van der Waals surface area contributed by atoms with Gasteiger partial charge in [-0.3, -0.25) is 4.79 Å². The first-order chi connectivity index (χ1) is 11.6. The minimum Gasteiger partial charge on any atom is -0.496 e. The number of hydrogen-bond donors (Lipinski definition) is 0. The molecule has 140 valence electrons. The largest absolute Gasteiger partial charge is 0.496 e. The van der Waals surface area contributed by atoms with Crippen LogP contribution in [0.5, 0.6) is 5.75 Å². The van der Waals surface area contributed by atoms with Gasteiger partial charge in [0.15, 0.2) is 0 Å². The fourth-order valence-electron chi connectivity index (χ4n) is 1.89. The molecule has 0 N–H and O–H groups in total. The van der Waals surface area contributed by atoms with Crippen LogP contribution in [0.3, 0.4) is 0 Å². The van der Waals surface area contributed by atoms with Crippen molar-refractivity contribution in [2.24, 2.45) is 0 Å². The van der Waals surface area contributed by atoms with E-state index in [4.69, 9.17) is 9.47 Å². The summed E-state index contributed by atoms with van der Waals surface area (Å²) in [5.41, 5.74) is 0.0287. The first-order valence-corrected chi connectivity index (χ1v) is 8.93. The average molecular weight is 415 g/mol. The number of halogens is 1. The summed E-state index contributed by atoms with van der Waals surface area (Å²) in [5, 5.41) is 0. The Bertz CT molecular complexity index is 619. The van der Waals surface area contributed by atoms with Crippen molar-refractivity contribution in [1.82, 2.24) is 9.80 Å². The molecule has 25 heavy (non-hydrogen) atoms. The minimum absolute atomic E-state index is 0.138. The van der Waals surface area contributed by atoms with E-state index in [9.17, 15) is 9.59 Å². The van der Waals surface area contributed by atoms with Crippen LogP contribution in [0.2, 0.25) is 0 Å². The molecule has 1 rings (SSSR count). The Hall–Kier alpha value is -1.76. The van der Waals surface area contributed by atoms with Gasteiger partial charge >= 0.3 is 6.09 Å². The van der Waals surface area contributed by atoms with Crippen LogP contribution in [-0.2, 0) is 4.74 Å². The number of methoxy groups -OCH3 is 1. The van der Waals surface area contributed by atoms with Crippen molar-refractivity contribution in [2.75, 3.05) is 34.3 Å². The van der Waals surface area contributed by atoms with Gasteiger partial charge in [0, 0.05) is 32.7 Å². The molecule has 0 aliphatic heterocycles. The molecule has 0 heterocycles. The molecule has 0 bridgehead atoms. The van der Waals surface area contributed by atoms with Gasteiger partial charge in [-0.1, -0.05) is 6.92 Å². The molecular formula is C18H27BrN2O4. The van der Waals surface area contributed by atoms with Gasteiger partial charge in [0.1, 0.15) is 11.4 Å². The molecule has 0 spiro atoms. The zero-order valence-corrected chi connectivity index (χ0v) is 17.3. The molecule has 0 aliphatic rings. The van der Waals surface area contributed by atoms with E-state index in [2.05, 4.69) is 15.9 Å². The van der Waals surface area contributed by atoms with Crippen molar-refractivity contribution in [1.29, 1.82) is 0 Å². The highest BCUT2D eigenvalue weighted by Gasteiger charge is 2.23. The third kappa shape index (κ3) is 6.23. The van der Waals surface area contributed by atoms with Crippen molar-refractivity contribution in [3.8, 4) is 5.75 Å². The van der Waals surface area contributed by atoms with E-state index in [1.807, 2.05) is 20.8 Å². The van der Waals surface area contributed by atoms with Gasteiger partial charge in [-0.25, -0.2) is 4.79 Å². The van der Waals surface area contributed by atoms with Crippen molar-refractivity contribution in [3.63, 3.8) is 0 Å². The molecule has 1 aromatic rings. The third-order valence-corrected chi connectivity index (χ3v) is 4.70. The second-order valence-electron chi connectivity index (χ2n) is 6.48. The lowest BCUT2D eigenvalue weighted by Gasteiger charge is -2.28. The molecule has 0 fully saturated rings. The molecule has 0 aliphatic carbocycles. The average Bonchev–Trinajstić information content (AvgIpc) is 2.58. The van der Waals surface area contributed by atoms with Crippen molar-refractivity contribution in [3.05, 3.63) is 28.2 Å². The first-order valence-electron chi connectivity index (χ1n) is 8.14. The Morgan fingerprint density at radius 2 is 1.76 bits per heavy atom. The van der Waals surface area contributed by atoms with Crippen LogP contribution in [-0.4, -0.2) is 61.7 Å². The molecule has 0 saturated carbocycles. The van der Waals surface area contributed by atoms with E-state index in [1.54, 1.807) is 44.3 Å². The van der Waals surface area contributed by atoms with E-state index in [0.717, 1.165) is 10.9 Å². The van der Waals surface area contributed by atoms with E-state index >= 15 is 0 Å². The highest BCUT2D eigenvalue weighted by atomic mass is 79.9. The van der Waals surface area contributed by atoms with Crippen LogP contribution in [0.15, 0.2) is 22.7 Å². The minimum atomic E-state index is -0.499. The number of likely N-dealkylation sites (N-methyl/N-ethyl adjacent to an activating group) is 2. The molecular weight excluding hydrogens is 388 g/mol. The lowest BCUT2D eigenvalue weighted by molar-refractivity contribution is 0.0146. The molecule has 6 nitrogen and oxygen atoms in total. The Balaban J connectivity index is 2.62. The van der Waals surface area contributed by atoms with Crippen LogP contribution in [0.4, 0.5) is 4.79 Å². The molecule has 0 aromatic heterocycles. The second kappa shape index (κ2) is 9.08. The Morgan fingerprint density at radius 1 is 1.16 bits per heavy atom. The second-order valence-corrected chi connectivity index (χ2v) is 7.33. The van der Waals surface area contributed by atoms with Crippen molar-refractivity contribution >= 4 is 27.9 Å². The molecule has 1 aromatic carbocycles. The number of benzene rings is 1. The summed E-state index contributed by atoms with van der Waals surface area (Å²) >= 11 is 3.36. The van der Waals surface area contributed by atoms with E-state index in [0.29, 0.717) is 24.4 Å². The predicted octanol–water partition coefficient (Wildman–Crippen LogP) is 3.79. The summed E-state index contributed by atoms with van der Waals surface area (Å²) in [6.45, 7) is 6.49. The van der Waals surface area contributed by atoms with Crippen LogP contribution < -0.4 is 4.74 Å². The van der Waals surface area contributed by atoms with Crippen molar-refractivity contribution < 1.29 is 19.1 Å². The summed E-state index contributed by atoms with van der Waals surface area (Å²) < 4.78 is 11.4. The fraction of sp³-hybridized carbons (Fsp3) is 0.556. The number of rotatable bonds is 7. The summed E-state index contributed by atoms with van der Waals surface area (Å²) in [6, 6.07) is 5.19. The maximum atomic E-state index is 12.5. The van der Waals surface area contributed by atoms with Gasteiger partial charge in [-0.15, -0.1) is 0 Å². The highest BCUT2D eigenvalue weighted by Crippen LogP contribution is 2.26. The van der Waals surface area contributed by atoms with Crippen LogP contribution in [0.1, 0.15) is 37.6 Å². The normalized spacial score (nSPS) is 11.0. The van der Waals surface area contributed by atoms with Crippen LogP contribution >= 0.6 is 15.9 Å². The molecule has 0 atom stereocenters. The summed E-state index contributed by atoms with van der Waals surface area (Å²) in [6.07, 6.45) is 0.342. The summed E-state index contributed by atoms with van der Waals surface area (Å²) in [4.78, 5) is 27.6. The van der Waals surface area contributed by atoms with Gasteiger partial charge < -0.3 is 19.3 Å². The Kier molecular flexibility index (Phi) is 7.73. The van der Waals surface area contributed by atoms with E-state index in [1.165, 1.54) is 4.90 Å². The molecule has 0 saturated heterocycles. The van der Waals surface area contributed by atoms with Crippen LogP contribution in [0.25, 0.3) is 0 Å². The highest BCUT2D eigenvalue weighted by molar-refractivity contribution is 9.10. The number of hydrogen-bond acceptors (Lipinski definition) is 4. The zero-order valence-electron chi connectivity index (χ0n) is 15.8. The first kappa shape index (κ1) is 21.3. The van der Waals surface area contributed by atoms with Gasteiger partial charge in [-0.05, 0) is 54.4 Å². The van der Waals surface area contributed by atoms with Gasteiger partial charge in [0.25, 0.3) is 5.91 Å². The molecule has 7 heteroatoms. The number of carbonyl (C=O) groups excluding carboxylic acids is 2. The molecule has 2 amide bonds. The smallest absolute Gasteiger partial charge is 0.410 e. The quantitative estimate of drug-likeness (QED) is 0.680. The number of ether oxygens (including phenoxy) is 2. The third-order valence-electron chi connectivity index (χ3n) is 4.04. The summed E-state index contributed by atoms with van der Waals surface area (Å²) in [7, 11) is 4.91. The lowest BCUT2D eigenvalue weighted by Crippen LogP contribution is -2.40. The topological polar surface area (TPSA) is 59.1 Å². The van der Waals surface area contributed by atoms with Gasteiger partial charge in [-0.2, -0.15) is 0 Å². The lowest BCUT2D eigenvalue weighted by atomic mass is 10.1. The number of nitrogens with zero attached hydrogens (tertiary/aromatic N) is 2. The number of amides is 2. The van der Waals surface area contributed by atoms with E-state index in [-0.39, 0.29) is 5.91 Å². The Morgan fingerprint density at radius 3 is 2.32 bits per heavy atom. The predicted molar refractivity (Wildman–Crippen MR) is 101 cm³/mol. The Labute approximate surface area is 158 Å².